The van der Waals surface area contributed by atoms with Gasteiger partial charge in [0.25, 0.3) is 0 Å². The van der Waals surface area contributed by atoms with Gasteiger partial charge in [0.1, 0.15) is 12.4 Å². The van der Waals surface area contributed by atoms with E-state index in [9.17, 15) is 0 Å². The third kappa shape index (κ3) is 3.10. The fourth-order valence-corrected chi connectivity index (χ4v) is 3.24. The zero-order chi connectivity index (χ0) is 13.1. The van der Waals surface area contributed by atoms with Crippen LogP contribution in [0.5, 0.6) is 5.75 Å². The number of piperidine rings is 1. The number of benzene rings is 1. The van der Waals surface area contributed by atoms with Gasteiger partial charge in [-0.15, -0.1) is 0 Å². The first-order valence-corrected chi connectivity index (χ1v) is 7.39. The van der Waals surface area contributed by atoms with E-state index in [1.165, 1.54) is 24.9 Å². The van der Waals surface area contributed by atoms with Gasteiger partial charge in [0, 0.05) is 25.2 Å². The Morgan fingerprint density at radius 3 is 2.89 bits per heavy atom. The topological polar surface area (TPSA) is 24.5 Å². The molecule has 3 rings (SSSR count). The van der Waals surface area contributed by atoms with Crippen LogP contribution in [0.1, 0.15) is 25.3 Å². The molecule has 0 radical (unpaired) electrons. The highest BCUT2D eigenvalue weighted by atomic mass is 16.5. The zero-order valence-corrected chi connectivity index (χ0v) is 11.8. The van der Waals surface area contributed by atoms with Crippen molar-refractivity contribution in [3.8, 4) is 5.75 Å². The number of hydrogen-bond acceptors (Lipinski definition) is 3. The standard InChI is InChI=1S/C16H24N2O/c1-16(6-8-17-9-7-16)13-18-10-11-19-15-5-3-2-4-14(15)12-18/h2-5,17H,6-13H2,1H3. The summed E-state index contributed by atoms with van der Waals surface area (Å²) >= 11 is 0. The third-order valence-electron chi connectivity index (χ3n) is 4.45. The molecule has 0 amide bonds. The molecular formula is C16H24N2O. The van der Waals surface area contributed by atoms with Crippen LogP contribution in [0.2, 0.25) is 0 Å². The highest BCUT2D eigenvalue weighted by molar-refractivity contribution is 5.33. The summed E-state index contributed by atoms with van der Waals surface area (Å²) < 4.78 is 5.85. The van der Waals surface area contributed by atoms with Crippen molar-refractivity contribution in [1.82, 2.24) is 10.2 Å². The molecule has 0 saturated carbocycles. The third-order valence-corrected chi connectivity index (χ3v) is 4.45. The largest absolute Gasteiger partial charge is 0.492 e. The van der Waals surface area contributed by atoms with E-state index in [4.69, 9.17) is 4.74 Å². The van der Waals surface area contributed by atoms with Gasteiger partial charge in [-0.3, -0.25) is 4.90 Å². The monoisotopic (exact) mass is 260 g/mol. The minimum absolute atomic E-state index is 0.463. The lowest BCUT2D eigenvalue weighted by Crippen LogP contribution is -2.43. The average molecular weight is 260 g/mol. The molecule has 1 saturated heterocycles. The molecule has 0 unspecified atom stereocenters. The first-order chi connectivity index (χ1) is 9.25. The molecule has 2 aliphatic heterocycles. The van der Waals surface area contributed by atoms with Crippen molar-refractivity contribution in [2.45, 2.75) is 26.3 Å². The summed E-state index contributed by atoms with van der Waals surface area (Å²) in [7, 11) is 0. The number of ether oxygens (including phenoxy) is 1. The van der Waals surface area contributed by atoms with Gasteiger partial charge in [-0.1, -0.05) is 25.1 Å². The fourth-order valence-electron chi connectivity index (χ4n) is 3.24. The average Bonchev–Trinajstić information content (AvgIpc) is 2.60. The molecule has 2 aliphatic rings. The van der Waals surface area contributed by atoms with Crippen LogP contribution >= 0.6 is 0 Å². The summed E-state index contributed by atoms with van der Waals surface area (Å²) in [5.74, 6) is 1.07. The van der Waals surface area contributed by atoms with E-state index in [-0.39, 0.29) is 0 Å². The first-order valence-electron chi connectivity index (χ1n) is 7.39. The van der Waals surface area contributed by atoms with Crippen molar-refractivity contribution in [1.29, 1.82) is 0 Å². The highest BCUT2D eigenvalue weighted by Gasteiger charge is 2.29. The van der Waals surface area contributed by atoms with Crippen LogP contribution in [-0.2, 0) is 6.54 Å². The van der Waals surface area contributed by atoms with E-state index in [1.54, 1.807) is 0 Å². The predicted molar refractivity (Wildman–Crippen MR) is 77.4 cm³/mol. The van der Waals surface area contributed by atoms with Crippen molar-refractivity contribution in [2.24, 2.45) is 5.41 Å². The Morgan fingerprint density at radius 1 is 1.26 bits per heavy atom. The lowest BCUT2D eigenvalue weighted by Gasteiger charge is -2.38. The fraction of sp³-hybridized carbons (Fsp3) is 0.625. The number of fused-ring (bicyclic) bond motifs is 1. The molecule has 1 aromatic carbocycles. The summed E-state index contributed by atoms with van der Waals surface area (Å²) in [5, 5.41) is 3.46. The lowest BCUT2D eigenvalue weighted by molar-refractivity contribution is 0.117. The molecule has 0 spiro atoms. The molecular weight excluding hydrogens is 236 g/mol. The lowest BCUT2D eigenvalue weighted by atomic mass is 9.80. The minimum Gasteiger partial charge on any atom is -0.492 e. The Bertz CT molecular complexity index is 427. The van der Waals surface area contributed by atoms with Gasteiger partial charge in [0.2, 0.25) is 0 Å². The molecule has 3 nitrogen and oxygen atoms in total. The molecule has 104 valence electrons. The van der Waals surface area contributed by atoms with Crippen LogP contribution in [0.4, 0.5) is 0 Å². The highest BCUT2D eigenvalue weighted by Crippen LogP contribution is 2.31. The smallest absolute Gasteiger partial charge is 0.123 e. The van der Waals surface area contributed by atoms with Crippen molar-refractivity contribution >= 4 is 0 Å². The van der Waals surface area contributed by atoms with Gasteiger partial charge < -0.3 is 10.1 Å². The Labute approximate surface area is 115 Å². The van der Waals surface area contributed by atoms with Crippen molar-refractivity contribution in [2.75, 3.05) is 32.8 Å². The number of para-hydroxylation sites is 1. The van der Waals surface area contributed by atoms with Crippen LogP contribution < -0.4 is 10.1 Å². The molecule has 1 aromatic rings. The van der Waals surface area contributed by atoms with Crippen LogP contribution in [0, 0.1) is 5.41 Å². The van der Waals surface area contributed by atoms with Gasteiger partial charge in [0.15, 0.2) is 0 Å². The Hall–Kier alpha value is -1.06. The maximum atomic E-state index is 5.85. The van der Waals surface area contributed by atoms with E-state index in [1.807, 2.05) is 0 Å². The maximum absolute atomic E-state index is 5.85. The second-order valence-electron chi connectivity index (χ2n) is 6.23. The summed E-state index contributed by atoms with van der Waals surface area (Å²) in [4.78, 5) is 2.57. The molecule has 3 heteroatoms. The van der Waals surface area contributed by atoms with Gasteiger partial charge in [-0.25, -0.2) is 0 Å². The molecule has 19 heavy (non-hydrogen) atoms. The predicted octanol–water partition coefficient (Wildman–Crippen LogP) is 2.27. The molecule has 1 fully saturated rings. The molecule has 1 N–H and O–H groups in total. The SMILES string of the molecule is CC1(CN2CCOc3ccccc3C2)CCNCC1. The Morgan fingerprint density at radius 2 is 2.05 bits per heavy atom. The molecule has 0 bridgehead atoms. The van der Waals surface area contributed by atoms with Gasteiger partial charge >= 0.3 is 0 Å². The van der Waals surface area contributed by atoms with Crippen LogP contribution in [0.25, 0.3) is 0 Å². The second-order valence-corrected chi connectivity index (χ2v) is 6.23. The first kappa shape index (κ1) is 12.9. The van der Waals surface area contributed by atoms with E-state index in [0.717, 1.165) is 38.5 Å². The molecule has 0 atom stereocenters. The minimum atomic E-state index is 0.463. The van der Waals surface area contributed by atoms with Crippen molar-refractivity contribution in [3.05, 3.63) is 29.8 Å². The second kappa shape index (κ2) is 5.51. The molecule has 2 heterocycles. The summed E-state index contributed by atoms with van der Waals surface area (Å²) in [6.45, 7) is 8.83. The van der Waals surface area contributed by atoms with Crippen molar-refractivity contribution in [3.63, 3.8) is 0 Å². The van der Waals surface area contributed by atoms with Crippen LogP contribution in [0.15, 0.2) is 24.3 Å². The maximum Gasteiger partial charge on any atom is 0.123 e. The van der Waals surface area contributed by atoms with Gasteiger partial charge in [-0.2, -0.15) is 0 Å². The number of rotatable bonds is 2. The summed E-state index contributed by atoms with van der Waals surface area (Å²) in [6, 6.07) is 8.45. The molecule has 0 aromatic heterocycles. The quantitative estimate of drug-likeness (QED) is 0.883. The zero-order valence-electron chi connectivity index (χ0n) is 11.8. The van der Waals surface area contributed by atoms with Crippen LogP contribution in [-0.4, -0.2) is 37.7 Å². The van der Waals surface area contributed by atoms with Gasteiger partial charge in [-0.05, 0) is 37.4 Å². The van der Waals surface area contributed by atoms with E-state index in [0.29, 0.717) is 5.41 Å². The van der Waals surface area contributed by atoms with Gasteiger partial charge in [0.05, 0.1) is 0 Å². The molecule has 0 aliphatic carbocycles. The summed E-state index contributed by atoms with van der Waals surface area (Å²) in [6.07, 6.45) is 2.57. The van der Waals surface area contributed by atoms with E-state index in [2.05, 4.69) is 41.4 Å². The van der Waals surface area contributed by atoms with E-state index < -0.39 is 0 Å². The van der Waals surface area contributed by atoms with Crippen molar-refractivity contribution < 1.29 is 4.74 Å². The van der Waals surface area contributed by atoms with E-state index >= 15 is 0 Å². The number of nitrogens with zero attached hydrogens (tertiary/aromatic N) is 1. The van der Waals surface area contributed by atoms with Crippen LogP contribution in [0.3, 0.4) is 0 Å². The summed E-state index contributed by atoms with van der Waals surface area (Å²) in [5.41, 5.74) is 1.79. The Balaban J connectivity index is 1.69. The normalized spacial score (nSPS) is 23.2. The number of nitrogens with one attached hydrogen (secondary N) is 1. The number of hydrogen-bond donors (Lipinski definition) is 1. The Kier molecular flexibility index (Phi) is 3.76.